The number of benzene rings is 1. The standard InChI is InChI=1S/C16H24FNO/c1-12-11-13(17)6-8-15(12)16(18-2)9-7-14-5-3-4-10-19-14/h6,8,11,14,16,18H,3-5,7,9-10H2,1-2H3. The lowest BCUT2D eigenvalue weighted by molar-refractivity contribution is 0.00865. The molecular weight excluding hydrogens is 241 g/mol. The number of rotatable bonds is 5. The molecule has 0 amide bonds. The van der Waals surface area contributed by atoms with Gasteiger partial charge in [0.25, 0.3) is 0 Å². The molecule has 2 atom stereocenters. The number of nitrogens with one attached hydrogen (secondary N) is 1. The molecule has 0 radical (unpaired) electrons. The molecule has 2 unspecified atom stereocenters. The number of aryl methyl sites for hydroxylation is 1. The predicted octanol–water partition coefficient (Wildman–Crippen LogP) is 3.74. The summed E-state index contributed by atoms with van der Waals surface area (Å²) in [6.45, 7) is 2.88. The van der Waals surface area contributed by atoms with E-state index in [1.54, 1.807) is 12.1 Å². The number of hydrogen-bond donors (Lipinski definition) is 1. The molecule has 0 aromatic heterocycles. The van der Waals surface area contributed by atoms with Crippen LogP contribution in [0.2, 0.25) is 0 Å². The van der Waals surface area contributed by atoms with E-state index in [1.165, 1.54) is 24.8 Å². The third-order valence-electron chi connectivity index (χ3n) is 4.01. The molecule has 2 rings (SSSR count). The van der Waals surface area contributed by atoms with E-state index in [2.05, 4.69) is 5.32 Å². The largest absolute Gasteiger partial charge is 0.378 e. The number of ether oxygens (including phenoxy) is 1. The topological polar surface area (TPSA) is 21.3 Å². The maximum absolute atomic E-state index is 13.2. The summed E-state index contributed by atoms with van der Waals surface area (Å²) in [7, 11) is 1.97. The van der Waals surface area contributed by atoms with E-state index < -0.39 is 0 Å². The highest BCUT2D eigenvalue weighted by Gasteiger charge is 2.18. The van der Waals surface area contributed by atoms with Gasteiger partial charge in [-0.2, -0.15) is 0 Å². The maximum Gasteiger partial charge on any atom is 0.123 e. The van der Waals surface area contributed by atoms with Crippen molar-refractivity contribution in [2.75, 3.05) is 13.7 Å². The number of halogens is 1. The Labute approximate surface area is 115 Å². The third-order valence-corrected chi connectivity index (χ3v) is 4.01. The second-order valence-electron chi connectivity index (χ2n) is 5.41. The van der Waals surface area contributed by atoms with E-state index in [0.717, 1.165) is 25.0 Å². The normalized spacial score (nSPS) is 21.3. The van der Waals surface area contributed by atoms with Gasteiger partial charge in [-0.25, -0.2) is 4.39 Å². The van der Waals surface area contributed by atoms with E-state index in [0.29, 0.717) is 6.10 Å². The van der Waals surface area contributed by atoms with Crippen LogP contribution < -0.4 is 5.32 Å². The first-order valence-electron chi connectivity index (χ1n) is 7.25. The fourth-order valence-corrected chi connectivity index (χ4v) is 2.87. The van der Waals surface area contributed by atoms with Crippen molar-refractivity contribution >= 4 is 0 Å². The van der Waals surface area contributed by atoms with Gasteiger partial charge in [-0.05, 0) is 69.3 Å². The molecule has 1 aliphatic rings. The van der Waals surface area contributed by atoms with Crippen LogP contribution in [-0.2, 0) is 4.74 Å². The first-order chi connectivity index (χ1) is 9.20. The summed E-state index contributed by atoms with van der Waals surface area (Å²) in [4.78, 5) is 0. The van der Waals surface area contributed by atoms with E-state index in [1.807, 2.05) is 20.0 Å². The highest BCUT2D eigenvalue weighted by molar-refractivity contribution is 5.29. The molecule has 1 aliphatic heterocycles. The Morgan fingerprint density at radius 3 is 2.89 bits per heavy atom. The zero-order valence-electron chi connectivity index (χ0n) is 11.9. The average Bonchev–Trinajstić information content (AvgIpc) is 2.42. The smallest absolute Gasteiger partial charge is 0.123 e. The third kappa shape index (κ3) is 4.02. The second kappa shape index (κ2) is 7.01. The van der Waals surface area contributed by atoms with Gasteiger partial charge in [-0.15, -0.1) is 0 Å². The molecule has 1 fully saturated rings. The van der Waals surface area contributed by atoms with Crippen molar-refractivity contribution in [2.45, 2.75) is 51.2 Å². The maximum atomic E-state index is 13.2. The monoisotopic (exact) mass is 265 g/mol. The van der Waals surface area contributed by atoms with Crippen molar-refractivity contribution in [3.8, 4) is 0 Å². The molecule has 0 aliphatic carbocycles. The molecule has 1 aromatic carbocycles. The summed E-state index contributed by atoms with van der Waals surface area (Å²) in [6.07, 6.45) is 6.17. The summed E-state index contributed by atoms with van der Waals surface area (Å²) in [5.41, 5.74) is 2.21. The molecule has 0 bridgehead atoms. The summed E-state index contributed by atoms with van der Waals surface area (Å²) in [5.74, 6) is -0.160. The van der Waals surface area contributed by atoms with Crippen molar-refractivity contribution in [1.29, 1.82) is 0 Å². The summed E-state index contributed by atoms with van der Waals surface area (Å²) in [5, 5.41) is 3.34. The fourth-order valence-electron chi connectivity index (χ4n) is 2.87. The molecule has 0 spiro atoms. The Morgan fingerprint density at radius 2 is 2.26 bits per heavy atom. The zero-order valence-corrected chi connectivity index (χ0v) is 11.9. The minimum Gasteiger partial charge on any atom is -0.378 e. The van der Waals surface area contributed by atoms with Crippen LogP contribution in [0.3, 0.4) is 0 Å². The van der Waals surface area contributed by atoms with Gasteiger partial charge in [0, 0.05) is 12.6 Å². The van der Waals surface area contributed by atoms with Gasteiger partial charge in [0.2, 0.25) is 0 Å². The highest BCUT2D eigenvalue weighted by atomic mass is 19.1. The highest BCUT2D eigenvalue weighted by Crippen LogP contribution is 2.26. The lowest BCUT2D eigenvalue weighted by Gasteiger charge is -2.25. The zero-order chi connectivity index (χ0) is 13.7. The van der Waals surface area contributed by atoms with Crippen LogP contribution in [0.1, 0.15) is 49.3 Å². The lowest BCUT2D eigenvalue weighted by atomic mass is 9.94. The Balaban J connectivity index is 1.95. The van der Waals surface area contributed by atoms with Crippen molar-refractivity contribution in [2.24, 2.45) is 0 Å². The average molecular weight is 265 g/mol. The fraction of sp³-hybridized carbons (Fsp3) is 0.625. The van der Waals surface area contributed by atoms with Crippen molar-refractivity contribution < 1.29 is 9.13 Å². The lowest BCUT2D eigenvalue weighted by Crippen LogP contribution is -2.23. The van der Waals surface area contributed by atoms with Gasteiger partial charge >= 0.3 is 0 Å². The Bertz CT molecular complexity index is 402. The molecule has 1 aromatic rings. The summed E-state index contributed by atoms with van der Waals surface area (Å²) < 4.78 is 18.9. The predicted molar refractivity (Wildman–Crippen MR) is 75.8 cm³/mol. The minimum atomic E-state index is -0.160. The first-order valence-corrected chi connectivity index (χ1v) is 7.25. The quantitative estimate of drug-likeness (QED) is 0.875. The molecule has 106 valence electrons. The van der Waals surface area contributed by atoms with E-state index in [4.69, 9.17) is 4.74 Å². The van der Waals surface area contributed by atoms with Gasteiger partial charge < -0.3 is 10.1 Å². The van der Waals surface area contributed by atoms with Gasteiger partial charge in [-0.1, -0.05) is 6.07 Å². The summed E-state index contributed by atoms with van der Waals surface area (Å²) in [6, 6.07) is 5.33. The van der Waals surface area contributed by atoms with Crippen LogP contribution in [0.5, 0.6) is 0 Å². The molecule has 3 heteroatoms. The van der Waals surface area contributed by atoms with Gasteiger partial charge in [0.15, 0.2) is 0 Å². The van der Waals surface area contributed by atoms with Gasteiger partial charge in [0.1, 0.15) is 5.82 Å². The van der Waals surface area contributed by atoms with Gasteiger partial charge in [0.05, 0.1) is 6.10 Å². The van der Waals surface area contributed by atoms with Crippen molar-refractivity contribution in [1.82, 2.24) is 5.32 Å². The van der Waals surface area contributed by atoms with Crippen molar-refractivity contribution in [3.05, 3.63) is 35.1 Å². The second-order valence-corrected chi connectivity index (χ2v) is 5.41. The van der Waals surface area contributed by atoms with Gasteiger partial charge in [-0.3, -0.25) is 0 Å². The molecular formula is C16H24FNO. The molecule has 19 heavy (non-hydrogen) atoms. The summed E-state index contributed by atoms with van der Waals surface area (Å²) >= 11 is 0. The Morgan fingerprint density at radius 1 is 1.42 bits per heavy atom. The van der Waals surface area contributed by atoms with Crippen LogP contribution in [0.4, 0.5) is 4.39 Å². The molecule has 1 saturated heterocycles. The van der Waals surface area contributed by atoms with Crippen molar-refractivity contribution in [3.63, 3.8) is 0 Å². The molecule has 2 nitrogen and oxygen atoms in total. The molecule has 0 saturated carbocycles. The molecule has 1 heterocycles. The van der Waals surface area contributed by atoms with Crippen LogP contribution in [-0.4, -0.2) is 19.8 Å². The minimum absolute atomic E-state index is 0.160. The van der Waals surface area contributed by atoms with E-state index in [9.17, 15) is 4.39 Å². The SMILES string of the molecule is CNC(CCC1CCCCO1)c1ccc(F)cc1C. The Kier molecular flexibility index (Phi) is 5.34. The van der Waals surface area contributed by atoms with Crippen LogP contribution in [0.25, 0.3) is 0 Å². The van der Waals surface area contributed by atoms with Crippen LogP contribution in [0, 0.1) is 12.7 Å². The number of hydrogen-bond acceptors (Lipinski definition) is 2. The van der Waals surface area contributed by atoms with E-state index >= 15 is 0 Å². The molecule has 1 N–H and O–H groups in total. The Hall–Kier alpha value is -0.930. The van der Waals surface area contributed by atoms with E-state index in [-0.39, 0.29) is 11.9 Å². The first kappa shape index (κ1) is 14.5. The van der Waals surface area contributed by atoms with Crippen LogP contribution in [0.15, 0.2) is 18.2 Å². The van der Waals surface area contributed by atoms with Crippen LogP contribution >= 0.6 is 0 Å².